The predicted molar refractivity (Wildman–Crippen MR) is 119 cm³/mol. The van der Waals surface area contributed by atoms with E-state index in [2.05, 4.69) is 11.9 Å². The van der Waals surface area contributed by atoms with Crippen molar-refractivity contribution in [2.24, 2.45) is 28.5 Å². The molecule has 2 heterocycles. The number of nitrogens with zero attached hydrogens (tertiary/aromatic N) is 3. The number of hydrogen-bond donors (Lipinski definition) is 1. The molecule has 29 heavy (non-hydrogen) atoms. The topological polar surface area (TPSA) is 61.9 Å². The molecule has 2 N–H and O–H groups in total. The van der Waals surface area contributed by atoms with Crippen LogP contribution < -0.4 is 5.73 Å². The van der Waals surface area contributed by atoms with Crippen molar-refractivity contribution < 1.29 is 4.79 Å². The first-order valence-corrected chi connectivity index (χ1v) is 12.4. The van der Waals surface area contributed by atoms with Crippen LogP contribution >= 0.6 is 0 Å². The highest BCUT2D eigenvalue weighted by atomic mass is 16.2. The smallest absolute Gasteiger partial charge is 0.257 e. The van der Waals surface area contributed by atoms with Gasteiger partial charge in [0.25, 0.3) is 5.91 Å². The maximum atomic E-state index is 13.8. The second-order valence-electron chi connectivity index (χ2n) is 10.6. The molecule has 0 spiro atoms. The zero-order valence-corrected chi connectivity index (χ0v) is 18.6. The van der Waals surface area contributed by atoms with Gasteiger partial charge in [0.05, 0.1) is 0 Å². The molecule has 0 bridgehead atoms. The van der Waals surface area contributed by atoms with Gasteiger partial charge in [0.2, 0.25) is 0 Å². The summed E-state index contributed by atoms with van der Waals surface area (Å²) >= 11 is 0. The van der Waals surface area contributed by atoms with E-state index in [-0.39, 0.29) is 5.91 Å². The van der Waals surface area contributed by atoms with Crippen LogP contribution in [0.5, 0.6) is 0 Å². The predicted octanol–water partition coefficient (Wildman–Crippen LogP) is 4.16. The number of nitrogens with two attached hydrogens (primary N) is 1. The Balaban J connectivity index is 1.45. The first-order chi connectivity index (χ1) is 14.1. The van der Waals surface area contributed by atoms with Gasteiger partial charge in [-0.15, -0.1) is 0 Å². The Hall–Kier alpha value is -1.10. The fourth-order valence-corrected chi connectivity index (χ4v) is 6.56. The molecule has 1 saturated heterocycles. The summed E-state index contributed by atoms with van der Waals surface area (Å²) in [5.41, 5.74) is 5.86. The summed E-state index contributed by atoms with van der Waals surface area (Å²) < 4.78 is 0. The summed E-state index contributed by atoms with van der Waals surface area (Å²) in [6.07, 6.45) is 17.2. The van der Waals surface area contributed by atoms with Crippen molar-refractivity contribution in [2.45, 2.75) is 95.4 Å². The molecule has 0 aromatic rings. The Labute approximate surface area is 177 Å². The molecule has 3 fully saturated rings. The minimum atomic E-state index is -0.555. The van der Waals surface area contributed by atoms with Crippen LogP contribution in [0.25, 0.3) is 0 Å². The molecule has 164 valence electrons. The number of rotatable bonds is 7. The van der Waals surface area contributed by atoms with Crippen LogP contribution in [-0.4, -0.2) is 53.9 Å². The third-order valence-electron chi connectivity index (χ3n) is 8.20. The first-order valence-electron chi connectivity index (χ1n) is 12.4. The van der Waals surface area contributed by atoms with Crippen molar-refractivity contribution in [1.82, 2.24) is 9.80 Å². The van der Waals surface area contributed by atoms with E-state index in [9.17, 15) is 4.79 Å². The maximum absolute atomic E-state index is 13.8. The van der Waals surface area contributed by atoms with Gasteiger partial charge < -0.3 is 10.6 Å². The van der Waals surface area contributed by atoms with Crippen molar-refractivity contribution in [3.63, 3.8) is 0 Å². The van der Waals surface area contributed by atoms with Crippen LogP contribution in [-0.2, 0) is 4.79 Å². The summed E-state index contributed by atoms with van der Waals surface area (Å²) in [5, 5.41) is 0. The average Bonchev–Trinajstić information content (AvgIpc) is 3.23. The largest absolute Gasteiger partial charge is 0.369 e. The van der Waals surface area contributed by atoms with Gasteiger partial charge in [-0.1, -0.05) is 64.2 Å². The lowest BCUT2D eigenvalue weighted by atomic mass is 9.73. The molecule has 0 radical (unpaired) electrons. The molecule has 4 rings (SSSR count). The van der Waals surface area contributed by atoms with E-state index in [1.165, 1.54) is 77.2 Å². The number of guanidine groups is 1. The number of amides is 1. The molecule has 0 aromatic carbocycles. The summed E-state index contributed by atoms with van der Waals surface area (Å²) in [4.78, 5) is 23.0. The van der Waals surface area contributed by atoms with Gasteiger partial charge >= 0.3 is 0 Å². The number of likely N-dealkylation sites (tertiary alicyclic amines) is 1. The van der Waals surface area contributed by atoms with E-state index in [1.807, 2.05) is 4.90 Å². The highest BCUT2D eigenvalue weighted by molar-refractivity contribution is 6.06. The van der Waals surface area contributed by atoms with Gasteiger partial charge in [-0.2, -0.15) is 0 Å². The zero-order valence-electron chi connectivity index (χ0n) is 18.6. The van der Waals surface area contributed by atoms with Crippen LogP contribution in [0.3, 0.4) is 0 Å². The van der Waals surface area contributed by atoms with Gasteiger partial charge in [0, 0.05) is 13.1 Å². The van der Waals surface area contributed by atoms with E-state index in [1.54, 1.807) is 0 Å². The molecule has 2 saturated carbocycles. The third-order valence-corrected chi connectivity index (χ3v) is 8.20. The van der Waals surface area contributed by atoms with E-state index >= 15 is 0 Å². The summed E-state index contributed by atoms with van der Waals surface area (Å²) in [7, 11) is 2.19. The molecule has 1 atom stereocenters. The molecule has 2 aliphatic carbocycles. The normalized spacial score (nSPS) is 29.6. The lowest BCUT2D eigenvalue weighted by Gasteiger charge is -2.35. The summed E-state index contributed by atoms with van der Waals surface area (Å²) in [5.74, 6) is 2.73. The quantitative estimate of drug-likeness (QED) is 0.695. The van der Waals surface area contributed by atoms with E-state index in [4.69, 9.17) is 10.7 Å². The minimum absolute atomic E-state index is 0.234. The van der Waals surface area contributed by atoms with Crippen LogP contribution in [0.15, 0.2) is 4.99 Å². The van der Waals surface area contributed by atoms with Crippen molar-refractivity contribution in [3.05, 3.63) is 0 Å². The lowest BCUT2D eigenvalue weighted by Crippen LogP contribution is -2.47. The van der Waals surface area contributed by atoms with E-state index in [0.717, 1.165) is 32.4 Å². The van der Waals surface area contributed by atoms with Crippen LogP contribution in [0.2, 0.25) is 0 Å². The second-order valence-corrected chi connectivity index (χ2v) is 10.6. The molecular weight excluding hydrogens is 360 g/mol. The standard InChI is InChI=1S/C24H42N4O/c1-27-14-12-21(18-27)13-15-28-22(29)24(26-23(28)25,16-19-8-4-2-5-9-19)17-20-10-6-3-7-11-20/h19-21H,2-18H2,1H3,(H2,25,26). The molecule has 5 heteroatoms. The summed E-state index contributed by atoms with van der Waals surface area (Å²) in [6.45, 7) is 3.08. The molecule has 5 nitrogen and oxygen atoms in total. The van der Waals surface area contributed by atoms with Crippen molar-refractivity contribution in [1.29, 1.82) is 0 Å². The third kappa shape index (κ3) is 4.98. The van der Waals surface area contributed by atoms with E-state index < -0.39 is 5.54 Å². The molecular formula is C24H42N4O. The van der Waals surface area contributed by atoms with E-state index in [0.29, 0.717) is 23.7 Å². The van der Waals surface area contributed by atoms with Gasteiger partial charge in [-0.05, 0) is 57.0 Å². The molecule has 1 unspecified atom stereocenters. The number of carbonyl (C=O) groups excluding carboxylic acids is 1. The van der Waals surface area contributed by atoms with Gasteiger partial charge in [-0.25, -0.2) is 4.99 Å². The minimum Gasteiger partial charge on any atom is -0.369 e. The van der Waals surface area contributed by atoms with Crippen molar-refractivity contribution in [3.8, 4) is 0 Å². The first kappa shape index (κ1) is 21.1. The summed E-state index contributed by atoms with van der Waals surface area (Å²) in [6, 6.07) is 0. The SMILES string of the molecule is CN1CCC(CCN2C(=O)C(CC3CCCCC3)(CC3CCCCC3)N=C2N)C1. The van der Waals surface area contributed by atoms with Crippen LogP contribution in [0.4, 0.5) is 0 Å². The Morgan fingerprint density at radius 3 is 2.03 bits per heavy atom. The highest BCUT2D eigenvalue weighted by Gasteiger charge is 2.49. The molecule has 0 aromatic heterocycles. The number of carbonyl (C=O) groups is 1. The van der Waals surface area contributed by atoms with Gasteiger partial charge in [-0.3, -0.25) is 9.69 Å². The number of aliphatic imine (C=N–C) groups is 1. The van der Waals surface area contributed by atoms with Gasteiger partial charge in [0.1, 0.15) is 5.54 Å². The maximum Gasteiger partial charge on any atom is 0.257 e. The Morgan fingerprint density at radius 2 is 1.52 bits per heavy atom. The molecule has 2 aliphatic heterocycles. The molecule has 1 amide bonds. The number of hydrogen-bond acceptors (Lipinski definition) is 4. The Kier molecular flexibility index (Phi) is 6.83. The Bertz CT molecular complexity index is 572. The van der Waals surface area contributed by atoms with Crippen LogP contribution in [0.1, 0.15) is 89.9 Å². The fourth-order valence-electron chi connectivity index (χ4n) is 6.56. The fraction of sp³-hybridized carbons (Fsp3) is 0.917. The Morgan fingerprint density at radius 1 is 0.931 bits per heavy atom. The lowest BCUT2D eigenvalue weighted by molar-refractivity contribution is -0.132. The molecule has 4 aliphatic rings. The monoisotopic (exact) mass is 402 g/mol. The van der Waals surface area contributed by atoms with Crippen molar-refractivity contribution in [2.75, 3.05) is 26.7 Å². The van der Waals surface area contributed by atoms with Crippen LogP contribution in [0, 0.1) is 17.8 Å². The zero-order chi connectivity index (χ0) is 20.3. The average molecular weight is 403 g/mol. The van der Waals surface area contributed by atoms with Crippen molar-refractivity contribution >= 4 is 11.9 Å². The highest BCUT2D eigenvalue weighted by Crippen LogP contribution is 2.42. The second kappa shape index (κ2) is 9.36. The van der Waals surface area contributed by atoms with Gasteiger partial charge in [0.15, 0.2) is 5.96 Å².